The number of carbonyl (C=O) groups excluding carboxylic acids is 1. The third kappa shape index (κ3) is 4.33. The molecule has 0 unspecified atom stereocenters. The van der Waals surface area contributed by atoms with Gasteiger partial charge in [-0.2, -0.15) is 13.2 Å². The minimum Gasteiger partial charge on any atom is -0.298 e. The number of thiazole rings is 1. The van der Waals surface area contributed by atoms with Crippen LogP contribution in [-0.4, -0.2) is 10.9 Å². The Hall–Kier alpha value is -2.87. The van der Waals surface area contributed by atoms with E-state index in [1.54, 1.807) is 6.92 Å². The molecule has 2 aromatic carbocycles. The standard InChI is InChI=1S/C20H18F3N3OS/c1-11-7-8-16(12(2)9-11)19-24-13(3)17(28-19)18(27)26-25-15-6-4-5-14(10-15)20(21,22)23/h4-10,25H,1-3H3,(H,26,27). The van der Waals surface area contributed by atoms with Gasteiger partial charge in [0.05, 0.1) is 16.9 Å². The van der Waals surface area contributed by atoms with Crippen LogP contribution >= 0.6 is 11.3 Å². The first kappa shape index (κ1) is 19.9. The summed E-state index contributed by atoms with van der Waals surface area (Å²) in [5.74, 6) is -0.455. The lowest BCUT2D eigenvalue weighted by Crippen LogP contribution is -2.29. The molecule has 0 atom stereocenters. The van der Waals surface area contributed by atoms with Gasteiger partial charge in [-0.3, -0.25) is 15.6 Å². The van der Waals surface area contributed by atoms with Gasteiger partial charge in [0, 0.05) is 5.56 Å². The second-order valence-corrected chi connectivity index (χ2v) is 7.41. The number of hydrazine groups is 1. The van der Waals surface area contributed by atoms with Gasteiger partial charge in [-0.1, -0.05) is 29.8 Å². The quantitative estimate of drug-likeness (QED) is 0.563. The summed E-state index contributed by atoms with van der Waals surface area (Å²) in [5.41, 5.74) is 8.01. The molecule has 0 aliphatic heterocycles. The van der Waals surface area contributed by atoms with Crippen LogP contribution in [0.15, 0.2) is 42.5 Å². The first-order valence-electron chi connectivity index (χ1n) is 8.44. The highest BCUT2D eigenvalue weighted by Crippen LogP contribution is 2.32. The van der Waals surface area contributed by atoms with E-state index in [2.05, 4.69) is 15.8 Å². The second kappa shape index (κ2) is 7.63. The Morgan fingerprint density at radius 2 is 1.82 bits per heavy atom. The van der Waals surface area contributed by atoms with E-state index in [9.17, 15) is 18.0 Å². The molecule has 0 aliphatic carbocycles. The zero-order valence-electron chi connectivity index (χ0n) is 15.4. The van der Waals surface area contributed by atoms with Gasteiger partial charge in [-0.15, -0.1) is 11.3 Å². The number of anilines is 1. The van der Waals surface area contributed by atoms with Crippen molar-refractivity contribution in [1.29, 1.82) is 0 Å². The van der Waals surface area contributed by atoms with Crippen LogP contribution in [0.4, 0.5) is 18.9 Å². The SMILES string of the molecule is Cc1ccc(-c2nc(C)c(C(=O)NNc3cccc(C(F)(F)F)c3)s2)c(C)c1. The van der Waals surface area contributed by atoms with Crippen LogP contribution in [0.25, 0.3) is 10.6 Å². The fraction of sp³-hybridized carbons (Fsp3) is 0.200. The minimum atomic E-state index is -4.45. The van der Waals surface area contributed by atoms with E-state index in [0.717, 1.165) is 33.8 Å². The number of halogens is 3. The second-order valence-electron chi connectivity index (χ2n) is 6.41. The predicted molar refractivity (Wildman–Crippen MR) is 104 cm³/mol. The van der Waals surface area contributed by atoms with Crippen molar-refractivity contribution in [1.82, 2.24) is 10.4 Å². The van der Waals surface area contributed by atoms with E-state index in [-0.39, 0.29) is 5.69 Å². The predicted octanol–water partition coefficient (Wildman–Crippen LogP) is 5.51. The van der Waals surface area contributed by atoms with Crippen molar-refractivity contribution in [2.45, 2.75) is 26.9 Å². The zero-order chi connectivity index (χ0) is 20.5. The van der Waals surface area contributed by atoms with E-state index in [1.807, 2.05) is 32.0 Å². The van der Waals surface area contributed by atoms with Crippen LogP contribution in [0.2, 0.25) is 0 Å². The molecule has 0 spiro atoms. The Kier molecular flexibility index (Phi) is 5.42. The van der Waals surface area contributed by atoms with Gasteiger partial charge in [0.15, 0.2) is 0 Å². The topological polar surface area (TPSA) is 54.0 Å². The zero-order valence-corrected chi connectivity index (χ0v) is 16.3. The largest absolute Gasteiger partial charge is 0.416 e. The Morgan fingerprint density at radius 1 is 1.07 bits per heavy atom. The van der Waals surface area contributed by atoms with Gasteiger partial charge >= 0.3 is 6.18 Å². The molecule has 3 aromatic rings. The summed E-state index contributed by atoms with van der Waals surface area (Å²) in [6.07, 6.45) is -4.45. The number of rotatable bonds is 4. The number of aromatic nitrogens is 1. The van der Waals surface area contributed by atoms with E-state index in [1.165, 1.54) is 23.5 Å². The lowest BCUT2D eigenvalue weighted by atomic mass is 10.1. The summed E-state index contributed by atoms with van der Waals surface area (Å²) in [5, 5.41) is 0.721. The first-order valence-corrected chi connectivity index (χ1v) is 9.25. The molecule has 1 amide bonds. The maximum atomic E-state index is 12.8. The van der Waals surface area contributed by atoms with Crippen molar-refractivity contribution in [3.8, 4) is 10.6 Å². The molecule has 0 saturated carbocycles. The number of amides is 1. The van der Waals surface area contributed by atoms with Crippen molar-refractivity contribution >= 4 is 22.9 Å². The molecule has 1 heterocycles. The van der Waals surface area contributed by atoms with Crippen molar-refractivity contribution in [2.24, 2.45) is 0 Å². The van der Waals surface area contributed by atoms with Gasteiger partial charge in [-0.05, 0) is 44.5 Å². The lowest BCUT2D eigenvalue weighted by Gasteiger charge is -2.11. The Balaban J connectivity index is 1.76. The molecule has 0 bridgehead atoms. The van der Waals surface area contributed by atoms with Crippen LogP contribution in [0.3, 0.4) is 0 Å². The number of alkyl halides is 3. The van der Waals surface area contributed by atoms with Gasteiger partial charge in [0.1, 0.15) is 9.88 Å². The summed E-state index contributed by atoms with van der Waals surface area (Å²) in [4.78, 5) is 17.4. The van der Waals surface area contributed by atoms with Gasteiger partial charge in [0.25, 0.3) is 5.91 Å². The highest BCUT2D eigenvalue weighted by atomic mass is 32.1. The molecular weight excluding hydrogens is 387 g/mol. The molecule has 1 aromatic heterocycles. The third-order valence-corrected chi connectivity index (χ3v) is 5.31. The molecule has 0 saturated heterocycles. The Bertz CT molecular complexity index is 1030. The summed E-state index contributed by atoms with van der Waals surface area (Å²) < 4.78 is 38.4. The van der Waals surface area contributed by atoms with E-state index >= 15 is 0 Å². The summed E-state index contributed by atoms with van der Waals surface area (Å²) in [6, 6.07) is 10.6. The van der Waals surface area contributed by atoms with Crippen molar-refractivity contribution in [3.05, 3.63) is 69.7 Å². The highest BCUT2D eigenvalue weighted by molar-refractivity contribution is 7.17. The van der Waals surface area contributed by atoms with Crippen LogP contribution in [0.5, 0.6) is 0 Å². The molecule has 146 valence electrons. The summed E-state index contributed by atoms with van der Waals surface area (Å²) in [6.45, 7) is 5.71. The van der Waals surface area contributed by atoms with Crippen LogP contribution in [-0.2, 0) is 6.18 Å². The number of nitrogens with one attached hydrogen (secondary N) is 2. The molecule has 0 fully saturated rings. The monoisotopic (exact) mass is 405 g/mol. The molecule has 28 heavy (non-hydrogen) atoms. The molecule has 4 nitrogen and oxygen atoms in total. The number of carbonyl (C=O) groups is 1. The molecule has 2 N–H and O–H groups in total. The summed E-state index contributed by atoms with van der Waals surface area (Å²) in [7, 11) is 0. The van der Waals surface area contributed by atoms with Gasteiger partial charge in [0.2, 0.25) is 0 Å². The maximum absolute atomic E-state index is 12.8. The Labute approximate surface area is 164 Å². The van der Waals surface area contributed by atoms with Crippen LogP contribution in [0, 0.1) is 20.8 Å². The average Bonchev–Trinajstić information content (AvgIpc) is 3.00. The van der Waals surface area contributed by atoms with Crippen molar-refractivity contribution in [3.63, 3.8) is 0 Å². The molecule has 3 rings (SSSR count). The van der Waals surface area contributed by atoms with Gasteiger partial charge in [-0.25, -0.2) is 4.98 Å². The average molecular weight is 405 g/mol. The number of nitrogens with zero attached hydrogens (tertiary/aromatic N) is 1. The van der Waals surface area contributed by atoms with E-state index < -0.39 is 17.6 Å². The molecule has 0 radical (unpaired) electrons. The van der Waals surface area contributed by atoms with Crippen LogP contribution < -0.4 is 10.9 Å². The van der Waals surface area contributed by atoms with Gasteiger partial charge < -0.3 is 0 Å². The third-order valence-electron chi connectivity index (χ3n) is 4.13. The van der Waals surface area contributed by atoms with Crippen molar-refractivity contribution < 1.29 is 18.0 Å². The number of benzene rings is 2. The lowest BCUT2D eigenvalue weighted by molar-refractivity contribution is -0.137. The fourth-order valence-electron chi connectivity index (χ4n) is 2.73. The summed E-state index contributed by atoms with van der Waals surface area (Å²) >= 11 is 1.24. The van der Waals surface area contributed by atoms with Crippen LogP contribution in [0.1, 0.15) is 32.1 Å². The van der Waals surface area contributed by atoms with E-state index in [4.69, 9.17) is 0 Å². The number of aryl methyl sites for hydroxylation is 3. The molecular formula is C20H18F3N3OS. The first-order chi connectivity index (χ1) is 13.1. The molecule has 0 aliphatic rings. The minimum absolute atomic E-state index is 0.139. The number of hydrogen-bond donors (Lipinski definition) is 2. The molecule has 8 heteroatoms. The van der Waals surface area contributed by atoms with E-state index in [0.29, 0.717) is 10.6 Å². The highest BCUT2D eigenvalue weighted by Gasteiger charge is 2.30. The normalized spacial score (nSPS) is 11.4. The smallest absolute Gasteiger partial charge is 0.298 e. The Morgan fingerprint density at radius 3 is 2.50 bits per heavy atom. The fourth-order valence-corrected chi connectivity index (χ4v) is 3.79. The van der Waals surface area contributed by atoms with Crippen molar-refractivity contribution in [2.75, 3.05) is 5.43 Å². The number of hydrogen-bond acceptors (Lipinski definition) is 4. The maximum Gasteiger partial charge on any atom is 0.416 e.